The van der Waals surface area contributed by atoms with Gasteiger partial charge in [0.1, 0.15) is 18.5 Å². The maximum atomic E-state index is 11.0. The molecule has 0 spiro atoms. The predicted molar refractivity (Wildman–Crippen MR) is 68.3 cm³/mol. The summed E-state index contributed by atoms with van der Waals surface area (Å²) in [5.74, 6) is -1.24. The molecule has 0 aliphatic carbocycles. The van der Waals surface area contributed by atoms with Gasteiger partial charge in [0.15, 0.2) is 0 Å². The van der Waals surface area contributed by atoms with Gasteiger partial charge in [0.25, 0.3) is 0 Å². The number of esters is 1. The fraction of sp³-hybridized carbons (Fsp3) is 0.417. The Bertz CT molecular complexity index is 456. The molecule has 0 aliphatic rings. The van der Waals surface area contributed by atoms with Crippen molar-refractivity contribution in [2.24, 2.45) is 0 Å². The van der Waals surface area contributed by atoms with E-state index in [1.807, 2.05) is 6.92 Å². The van der Waals surface area contributed by atoms with Crippen molar-refractivity contribution in [3.8, 4) is 0 Å². The summed E-state index contributed by atoms with van der Waals surface area (Å²) in [6.07, 6.45) is 0. The number of hydrogen-bond acceptors (Lipinski definition) is 6. The van der Waals surface area contributed by atoms with E-state index in [0.717, 1.165) is 5.56 Å². The number of nitrogens with one attached hydrogen (secondary N) is 1. The zero-order chi connectivity index (χ0) is 14.4. The number of anilines is 1. The number of rotatable bonds is 6. The number of aliphatic carboxylic acids is 1. The second-order valence-corrected chi connectivity index (χ2v) is 4.14. The van der Waals surface area contributed by atoms with E-state index in [4.69, 9.17) is 10.8 Å². The Morgan fingerprint density at radius 3 is 2.74 bits per heavy atom. The molecule has 1 aromatic heterocycles. The lowest BCUT2D eigenvalue weighted by atomic mass is 10.2. The van der Waals surface area contributed by atoms with Crippen LogP contribution in [0.1, 0.15) is 18.2 Å². The Morgan fingerprint density at radius 1 is 1.53 bits per heavy atom. The first-order valence-corrected chi connectivity index (χ1v) is 5.71. The molecule has 4 N–H and O–H groups in total. The van der Waals surface area contributed by atoms with Crippen LogP contribution in [-0.4, -0.2) is 34.7 Å². The smallest absolute Gasteiger partial charge is 0.324 e. The molecule has 1 atom stereocenters. The second kappa shape index (κ2) is 6.69. The van der Waals surface area contributed by atoms with Crippen LogP contribution in [0.25, 0.3) is 0 Å². The molecule has 104 valence electrons. The minimum Gasteiger partial charge on any atom is -0.480 e. The minimum absolute atomic E-state index is 0.226. The van der Waals surface area contributed by atoms with Crippen molar-refractivity contribution in [3.05, 3.63) is 23.4 Å². The van der Waals surface area contributed by atoms with Crippen LogP contribution >= 0.6 is 0 Å². The van der Waals surface area contributed by atoms with Gasteiger partial charge >= 0.3 is 11.9 Å². The first kappa shape index (κ1) is 14.9. The van der Waals surface area contributed by atoms with Crippen LogP contribution in [0.4, 0.5) is 5.82 Å². The number of carboxylic acid groups (broad SMARTS) is 1. The van der Waals surface area contributed by atoms with Crippen LogP contribution in [-0.2, 0) is 20.9 Å². The molecule has 0 saturated carbocycles. The molecule has 0 unspecified atom stereocenters. The molecular formula is C12H17N3O4. The van der Waals surface area contributed by atoms with Crippen LogP contribution in [0.3, 0.4) is 0 Å². The minimum atomic E-state index is -1.10. The molecule has 0 aliphatic heterocycles. The fourth-order valence-corrected chi connectivity index (χ4v) is 1.50. The number of nitrogen functional groups attached to an aromatic ring is 1. The number of hydrogen-bond donors (Lipinski definition) is 3. The number of carbonyl (C=O) groups is 2. The number of aromatic nitrogens is 1. The van der Waals surface area contributed by atoms with Crippen molar-refractivity contribution in [2.75, 3.05) is 12.3 Å². The van der Waals surface area contributed by atoms with Gasteiger partial charge in [-0.05, 0) is 24.6 Å². The second-order valence-electron chi connectivity index (χ2n) is 4.14. The third-order valence-corrected chi connectivity index (χ3v) is 2.32. The van der Waals surface area contributed by atoms with Crippen molar-refractivity contribution in [2.45, 2.75) is 26.4 Å². The van der Waals surface area contributed by atoms with Gasteiger partial charge in [-0.2, -0.15) is 0 Å². The molecule has 0 amide bonds. The largest absolute Gasteiger partial charge is 0.480 e. The molecule has 7 heteroatoms. The average Bonchev–Trinajstić information content (AvgIpc) is 2.26. The van der Waals surface area contributed by atoms with Crippen LogP contribution in [0.2, 0.25) is 0 Å². The maximum Gasteiger partial charge on any atom is 0.324 e. The van der Waals surface area contributed by atoms with E-state index in [9.17, 15) is 9.59 Å². The summed E-state index contributed by atoms with van der Waals surface area (Å²) in [5, 5.41) is 11.7. The highest BCUT2D eigenvalue weighted by atomic mass is 16.5. The summed E-state index contributed by atoms with van der Waals surface area (Å²) >= 11 is 0. The van der Waals surface area contributed by atoms with Crippen LogP contribution in [0.15, 0.2) is 12.1 Å². The normalized spacial score (nSPS) is 11.9. The van der Waals surface area contributed by atoms with Crippen LogP contribution < -0.4 is 11.1 Å². The molecular weight excluding hydrogens is 250 g/mol. The SMILES string of the molecule is CC(=O)OC[C@H](NCc1cc(C)cc(N)n1)C(=O)O. The number of pyridine rings is 1. The summed E-state index contributed by atoms with van der Waals surface area (Å²) < 4.78 is 4.67. The van der Waals surface area contributed by atoms with Crippen molar-refractivity contribution >= 4 is 17.8 Å². The molecule has 0 aromatic carbocycles. The summed E-state index contributed by atoms with van der Waals surface area (Å²) in [5.41, 5.74) is 7.17. The fourth-order valence-electron chi connectivity index (χ4n) is 1.50. The highest BCUT2D eigenvalue weighted by molar-refractivity contribution is 5.74. The Labute approximate surface area is 110 Å². The van der Waals surface area contributed by atoms with Crippen molar-refractivity contribution in [1.29, 1.82) is 0 Å². The summed E-state index contributed by atoms with van der Waals surface area (Å²) in [6, 6.07) is 2.54. The number of aryl methyl sites for hydroxylation is 1. The zero-order valence-electron chi connectivity index (χ0n) is 10.8. The first-order valence-electron chi connectivity index (χ1n) is 5.71. The number of nitrogens with two attached hydrogens (primary N) is 1. The Hall–Kier alpha value is -2.15. The number of ether oxygens (including phenoxy) is 1. The third kappa shape index (κ3) is 5.35. The van der Waals surface area contributed by atoms with Gasteiger partial charge in [0.05, 0.1) is 5.69 Å². The topological polar surface area (TPSA) is 115 Å². The lowest BCUT2D eigenvalue weighted by molar-refractivity contribution is -0.147. The van der Waals surface area contributed by atoms with Crippen molar-refractivity contribution in [3.63, 3.8) is 0 Å². The van der Waals surface area contributed by atoms with E-state index >= 15 is 0 Å². The zero-order valence-corrected chi connectivity index (χ0v) is 10.8. The van der Waals surface area contributed by atoms with E-state index in [1.54, 1.807) is 12.1 Å². The highest BCUT2D eigenvalue weighted by Crippen LogP contribution is 2.06. The van der Waals surface area contributed by atoms with Crippen molar-refractivity contribution < 1.29 is 19.4 Å². The molecule has 1 rings (SSSR count). The van der Waals surface area contributed by atoms with Gasteiger partial charge in [0, 0.05) is 13.5 Å². The van der Waals surface area contributed by atoms with E-state index in [-0.39, 0.29) is 13.2 Å². The molecule has 0 saturated heterocycles. The number of nitrogens with zero attached hydrogens (tertiary/aromatic N) is 1. The quantitative estimate of drug-likeness (QED) is 0.625. The Balaban J connectivity index is 2.60. The maximum absolute atomic E-state index is 11.0. The van der Waals surface area contributed by atoms with Crippen molar-refractivity contribution in [1.82, 2.24) is 10.3 Å². The molecule has 0 fully saturated rings. The van der Waals surface area contributed by atoms with Gasteiger partial charge in [-0.1, -0.05) is 0 Å². The van der Waals surface area contributed by atoms with E-state index in [0.29, 0.717) is 11.5 Å². The summed E-state index contributed by atoms with van der Waals surface area (Å²) in [6.45, 7) is 3.09. The molecule has 0 radical (unpaired) electrons. The average molecular weight is 267 g/mol. The number of carbonyl (C=O) groups excluding carboxylic acids is 1. The van der Waals surface area contributed by atoms with Gasteiger partial charge in [-0.3, -0.25) is 14.9 Å². The van der Waals surface area contributed by atoms with Crippen LogP contribution in [0, 0.1) is 6.92 Å². The van der Waals surface area contributed by atoms with E-state index in [1.165, 1.54) is 6.92 Å². The third-order valence-electron chi connectivity index (χ3n) is 2.32. The highest BCUT2D eigenvalue weighted by Gasteiger charge is 2.18. The Kier molecular flexibility index (Phi) is 5.25. The van der Waals surface area contributed by atoms with Gasteiger partial charge in [-0.25, -0.2) is 4.98 Å². The first-order chi connectivity index (χ1) is 8.88. The van der Waals surface area contributed by atoms with Gasteiger partial charge in [-0.15, -0.1) is 0 Å². The van der Waals surface area contributed by atoms with E-state index < -0.39 is 18.0 Å². The predicted octanol–water partition coefficient (Wildman–Crippen LogP) is 0.0781. The molecule has 19 heavy (non-hydrogen) atoms. The summed E-state index contributed by atoms with van der Waals surface area (Å²) in [7, 11) is 0. The lowest BCUT2D eigenvalue weighted by Crippen LogP contribution is -2.40. The summed E-state index contributed by atoms with van der Waals surface area (Å²) in [4.78, 5) is 25.7. The standard InChI is InChI=1S/C12H17N3O4/c1-7-3-9(15-11(13)4-7)5-14-10(12(17)18)6-19-8(2)16/h3-4,10,14H,5-6H2,1-2H3,(H2,13,15)(H,17,18)/t10-/m0/s1. The van der Waals surface area contributed by atoms with Crippen LogP contribution in [0.5, 0.6) is 0 Å². The van der Waals surface area contributed by atoms with E-state index in [2.05, 4.69) is 15.0 Å². The Morgan fingerprint density at radius 2 is 2.21 bits per heavy atom. The number of carboxylic acids is 1. The van der Waals surface area contributed by atoms with Gasteiger partial charge < -0.3 is 15.6 Å². The molecule has 7 nitrogen and oxygen atoms in total. The lowest BCUT2D eigenvalue weighted by Gasteiger charge is -2.14. The van der Waals surface area contributed by atoms with Gasteiger partial charge in [0.2, 0.25) is 0 Å². The monoisotopic (exact) mass is 267 g/mol. The molecule has 0 bridgehead atoms. The molecule has 1 aromatic rings. The molecule has 1 heterocycles.